The molecule has 1 atom stereocenters. The number of aryl methyl sites for hydroxylation is 2. The molecule has 1 saturated heterocycles. The molecular formula is C26H34N4O4. The van der Waals surface area contributed by atoms with Crippen molar-refractivity contribution in [1.29, 1.82) is 0 Å². The van der Waals surface area contributed by atoms with Crippen molar-refractivity contribution in [3.05, 3.63) is 47.3 Å². The number of nitrogens with one attached hydrogen (secondary N) is 1. The van der Waals surface area contributed by atoms with Crippen LogP contribution in [0.4, 0.5) is 5.82 Å². The second-order valence-corrected chi connectivity index (χ2v) is 9.33. The Hall–Kier alpha value is -3.16. The highest BCUT2D eigenvalue weighted by Crippen LogP contribution is 2.33. The number of amides is 1. The Labute approximate surface area is 200 Å². The summed E-state index contributed by atoms with van der Waals surface area (Å²) < 4.78 is 5.11. The van der Waals surface area contributed by atoms with Crippen LogP contribution < -0.4 is 10.1 Å². The lowest BCUT2D eigenvalue weighted by atomic mass is 9.82. The maximum absolute atomic E-state index is 12.8. The Morgan fingerprint density at radius 2 is 2.06 bits per heavy atom. The molecule has 2 N–H and O–H groups in total. The monoisotopic (exact) mass is 466 g/mol. The number of hydrogen-bond donors (Lipinski definition) is 2. The number of aliphatic carboxylic acids is 1. The van der Waals surface area contributed by atoms with Gasteiger partial charge in [-0.05, 0) is 67.6 Å². The summed E-state index contributed by atoms with van der Waals surface area (Å²) in [5.41, 5.74) is 3.14. The van der Waals surface area contributed by atoms with Gasteiger partial charge >= 0.3 is 5.97 Å². The van der Waals surface area contributed by atoms with E-state index in [0.29, 0.717) is 24.6 Å². The first-order valence-corrected chi connectivity index (χ1v) is 12.2. The van der Waals surface area contributed by atoms with Crippen molar-refractivity contribution >= 4 is 17.7 Å². The van der Waals surface area contributed by atoms with E-state index >= 15 is 0 Å². The summed E-state index contributed by atoms with van der Waals surface area (Å²) in [6.07, 6.45) is 7.69. The second-order valence-electron chi connectivity index (χ2n) is 9.33. The van der Waals surface area contributed by atoms with E-state index < -0.39 is 5.97 Å². The number of likely N-dealkylation sites (tertiary alicyclic amines) is 1. The van der Waals surface area contributed by atoms with E-state index in [0.717, 1.165) is 68.8 Å². The van der Waals surface area contributed by atoms with Crippen LogP contribution >= 0.6 is 0 Å². The van der Waals surface area contributed by atoms with Crippen molar-refractivity contribution in [2.24, 2.45) is 5.92 Å². The van der Waals surface area contributed by atoms with Crippen molar-refractivity contribution in [3.8, 4) is 5.88 Å². The first-order valence-electron chi connectivity index (χ1n) is 12.2. The van der Waals surface area contributed by atoms with Crippen molar-refractivity contribution in [3.63, 3.8) is 0 Å². The van der Waals surface area contributed by atoms with E-state index in [1.54, 1.807) is 19.4 Å². The van der Waals surface area contributed by atoms with Crippen LogP contribution in [0.15, 0.2) is 30.5 Å². The second kappa shape index (κ2) is 11.3. The van der Waals surface area contributed by atoms with Crippen molar-refractivity contribution < 1.29 is 19.4 Å². The Balaban J connectivity index is 1.26. The highest BCUT2D eigenvalue weighted by Gasteiger charge is 2.27. The molecule has 0 unspecified atom stereocenters. The summed E-state index contributed by atoms with van der Waals surface area (Å²) in [5, 5.41) is 12.8. The van der Waals surface area contributed by atoms with E-state index in [4.69, 9.17) is 9.72 Å². The molecule has 34 heavy (non-hydrogen) atoms. The molecule has 1 amide bonds. The first-order chi connectivity index (χ1) is 16.5. The Kier molecular flexibility index (Phi) is 7.98. The molecule has 8 heteroatoms. The van der Waals surface area contributed by atoms with E-state index in [1.165, 1.54) is 5.56 Å². The number of carboxylic acids is 1. The van der Waals surface area contributed by atoms with Gasteiger partial charge in [0.05, 0.1) is 13.5 Å². The summed E-state index contributed by atoms with van der Waals surface area (Å²) >= 11 is 0. The predicted octanol–water partition coefficient (Wildman–Crippen LogP) is 3.66. The van der Waals surface area contributed by atoms with Gasteiger partial charge in [0.25, 0.3) is 0 Å². The van der Waals surface area contributed by atoms with E-state index in [1.807, 2.05) is 17.0 Å². The summed E-state index contributed by atoms with van der Waals surface area (Å²) in [6, 6.07) is 7.86. The van der Waals surface area contributed by atoms with Gasteiger partial charge < -0.3 is 20.1 Å². The van der Waals surface area contributed by atoms with Crippen LogP contribution in [0, 0.1) is 5.92 Å². The molecular weight excluding hydrogens is 432 g/mol. The van der Waals surface area contributed by atoms with Gasteiger partial charge in [-0.1, -0.05) is 12.1 Å². The van der Waals surface area contributed by atoms with Crippen molar-refractivity contribution in [2.45, 2.75) is 57.3 Å². The van der Waals surface area contributed by atoms with Crippen LogP contribution in [0.25, 0.3) is 0 Å². The standard InChI is InChI=1S/C26H34N4O4/c1-34-23-8-5-20(17-28-23)21(16-25(32)33)15-18-10-13-30(14-11-18)24(31)9-7-22-6-4-19-3-2-12-27-26(19)29-22/h4-6,8,17-18,21H,2-3,7,9-16H2,1H3,(H,27,29)(H,32,33)/t21-/m0/s1. The van der Waals surface area contributed by atoms with Gasteiger partial charge in [0, 0.05) is 44.0 Å². The molecule has 2 aliphatic rings. The van der Waals surface area contributed by atoms with Crippen LogP contribution in [0.3, 0.4) is 0 Å². The average molecular weight is 467 g/mol. The first kappa shape index (κ1) is 24.0. The molecule has 0 radical (unpaired) electrons. The van der Waals surface area contributed by atoms with Gasteiger partial charge in [0.1, 0.15) is 5.82 Å². The third-order valence-corrected chi connectivity index (χ3v) is 6.99. The minimum Gasteiger partial charge on any atom is -0.481 e. The van der Waals surface area contributed by atoms with Crippen LogP contribution in [0.5, 0.6) is 5.88 Å². The average Bonchev–Trinajstić information content (AvgIpc) is 2.87. The number of nitrogens with zero attached hydrogens (tertiary/aromatic N) is 3. The molecule has 2 aliphatic heterocycles. The lowest BCUT2D eigenvalue weighted by molar-refractivity contribution is -0.137. The summed E-state index contributed by atoms with van der Waals surface area (Å²) in [7, 11) is 1.56. The molecule has 0 spiro atoms. The number of aromatic nitrogens is 2. The number of carbonyl (C=O) groups excluding carboxylic acids is 1. The predicted molar refractivity (Wildman–Crippen MR) is 129 cm³/mol. The molecule has 0 aromatic carbocycles. The Bertz CT molecular complexity index is 987. The number of carboxylic acid groups (broad SMARTS) is 1. The molecule has 8 nitrogen and oxygen atoms in total. The van der Waals surface area contributed by atoms with Crippen molar-refractivity contribution in [1.82, 2.24) is 14.9 Å². The number of anilines is 1. The van der Waals surface area contributed by atoms with Gasteiger partial charge in [-0.15, -0.1) is 0 Å². The van der Waals surface area contributed by atoms with Gasteiger partial charge in [-0.25, -0.2) is 9.97 Å². The molecule has 182 valence electrons. The molecule has 2 aromatic heterocycles. The minimum absolute atomic E-state index is 0.0792. The third-order valence-electron chi connectivity index (χ3n) is 6.99. The number of fused-ring (bicyclic) bond motifs is 1. The van der Waals surface area contributed by atoms with E-state index in [-0.39, 0.29) is 18.2 Å². The lowest BCUT2D eigenvalue weighted by Gasteiger charge is -2.33. The largest absolute Gasteiger partial charge is 0.481 e. The Morgan fingerprint density at radius 3 is 2.76 bits per heavy atom. The normalized spacial score (nSPS) is 16.9. The summed E-state index contributed by atoms with van der Waals surface area (Å²) in [6.45, 7) is 2.41. The van der Waals surface area contributed by atoms with Crippen LogP contribution in [0.1, 0.15) is 61.3 Å². The number of rotatable bonds is 9. The SMILES string of the molecule is COc1ccc([C@H](CC(=O)O)CC2CCN(C(=O)CCc3ccc4c(n3)NCCC4)CC2)cn1. The maximum atomic E-state index is 12.8. The molecule has 0 aliphatic carbocycles. The molecule has 1 fully saturated rings. The topological polar surface area (TPSA) is 105 Å². The highest BCUT2D eigenvalue weighted by molar-refractivity contribution is 5.76. The maximum Gasteiger partial charge on any atom is 0.303 e. The van der Waals surface area contributed by atoms with E-state index in [2.05, 4.69) is 16.4 Å². The number of ether oxygens (including phenoxy) is 1. The number of pyridine rings is 2. The molecule has 4 heterocycles. The van der Waals surface area contributed by atoms with Gasteiger partial charge in [0.15, 0.2) is 0 Å². The fourth-order valence-electron chi connectivity index (χ4n) is 5.02. The quantitative estimate of drug-likeness (QED) is 0.581. The Morgan fingerprint density at radius 1 is 1.24 bits per heavy atom. The zero-order chi connectivity index (χ0) is 23.9. The number of methoxy groups -OCH3 is 1. The van der Waals surface area contributed by atoms with Crippen molar-refractivity contribution in [2.75, 3.05) is 32.1 Å². The zero-order valence-electron chi connectivity index (χ0n) is 19.8. The van der Waals surface area contributed by atoms with Gasteiger partial charge in [-0.2, -0.15) is 0 Å². The summed E-state index contributed by atoms with van der Waals surface area (Å²) in [5.74, 6) is 1.16. The minimum atomic E-state index is -0.806. The highest BCUT2D eigenvalue weighted by atomic mass is 16.5. The number of piperidine rings is 1. The lowest BCUT2D eigenvalue weighted by Crippen LogP contribution is -2.39. The molecule has 2 aromatic rings. The zero-order valence-corrected chi connectivity index (χ0v) is 19.8. The van der Waals surface area contributed by atoms with Crippen LogP contribution in [-0.4, -0.2) is 58.6 Å². The van der Waals surface area contributed by atoms with Gasteiger partial charge in [0.2, 0.25) is 11.8 Å². The number of hydrogen-bond acceptors (Lipinski definition) is 6. The van der Waals surface area contributed by atoms with Gasteiger partial charge in [-0.3, -0.25) is 9.59 Å². The smallest absolute Gasteiger partial charge is 0.303 e. The summed E-state index contributed by atoms with van der Waals surface area (Å²) in [4.78, 5) is 35.1. The fraction of sp³-hybridized carbons (Fsp3) is 0.538. The third kappa shape index (κ3) is 6.24. The fourth-order valence-corrected chi connectivity index (χ4v) is 5.02. The number of carbonyl (C=O) groups is 2. The van der Waals surface area contributed by atoms with E-state index in [9.17, 15) is 14.7 Å². The molecule has 4 rings (SSSR count). The van der Waals surface area contributed by atoms with Crippen LogP contribution in [-0.2, 0) is 22.4 Å². The molecule has 0 bridgehead atoms. The van der Waals surface area contributed by atoms with Crippen LogP contribution in [0.2, 0.25) is 0 Å². The molecule has 0 saturated carbocycles.